The van der Waals surface area contributed by atoms with Gasteiger partial charge in [0, 0.05) is 37.1 Å². The second-order valence-corrected chi connectivity index (χ2v) is 6.87. The molecule has 1 fully saturated rings. The number of aliphatic carboxylic acids is 1. The van der Waals surface area contributed by atoms with Crippen LogP contribution >= 0.6 is 0 Å². The van der Waals surface area contributed by atoms with Crippen LogP contribution in [-0.4, -0.2) is 57.5 Å². The highest BCUT2D eigenvalue weighted by atomic mass is 16.5. The maximum Gasteiger partial charge on any atom is 0.305 e. The number of hydrogen-bond donors (Lipinski definition) is 1. The maximum absolute atomic E-state index is 13.0. The van der Waals surface area contributed by atoms with Crippen molar-refractivity contribution in [3.63, 3.8) is 0 Å². The molecule has 0 bridgehead atoms. The van der Waals surface area contributed by atoms with E-state index in [1.165, 1.54) is 0 Å². The summed E-state index contributed by atoms with van der Waals surface area (Å²) in [4.78, 5) is 25.7. The summed E-state index contributed by atoms with van der Waals surface area (Å²) in [5.41, 5.74) is 3.40. The lowest BCUT2D eigenvalue weighted by atomic mass is 10.0. The number of aromatic nitrogens is 2. The summed E-state index contributed by atoms with van der Waals surface area (Å²) < 4.78 is 7.21. The first kappa shape index (κ1) is 19.1. The number of nitrogens with zero attached hydrogens (tertiary/aromatic N) is 3. The van der Waals surface area contributed by atoms with Crippen molar-refractivity contribution >= 4 is 11.9 Å². The van der Waals surface area contributed by atoms with Crippen LogP contribution in [0.25, 0.3) is 5.69 Å². The molecule has 1 amide bonds. The van der Waals surface area contributed by atoms with Crippen LogP contribution in [0.2, 0.25) is 0 Å². The van der Waals surface area contributed by atoms with E-state index in [0.717, 1.165) is 29.9 Å². The molecule has 7 nitrogen and oxygen atoms in total. The summed E-state index contributed by atoms with van der Waals surface area (Å²) in [6, 6.07) is 9.31. The van der Waals surface area contributed by atoms with E-state index in [0.29, 0.717) is 18.8 Å². The Hall–Kier alpha value is -2.67. The van der Waals surface area contributed by atoms with Crippen molar-refractivity contribution in [2.45, 2.75) is 39.2 Å². The Labute approximate surface area is 158 Å². The van der Waals surface area contributed by atoms with Crippen LogP contribution in [0, 0.1) is 13.8 Å². The Morgan fingerprint density at radius 2 is 1.89 bits per heavy atom. The number of rotatable bonds is 6. The van der Waals surface area contributed by atoms with Gasteiger partial charge in [-0.2, -0.15) is 5.10 Å². The fourth-order valence-electron chi connectivity index (χ4n) is 3.46. The van der Waals surface area contributed by atoms with Crippen molar-refractivity contribution in [3.8, 4) is 5.69 Å². The summed E-state index contributed by atoms with van der Waals surface area (Å²) >= 11 is 0. The van der Waals surface area contributed by atoms with Gasteiger partial charge < -0.3 is 14.7 Å². The first-order chi connectivity index (χ1) is 13.0. The largest absolute Gasteiger partial charge is 0.481 e. The number of carbonyl (C=O) groups is 2. The third kappa shape index (κ3) is 4.54. The molecule has 1 aliphatic heterocycles. The molecule has 0 radical (unpaired) electrons. The van der Waals surface area contributed by atoms with Gasteiger partial charge in [0.05, 0.1) is 17.8 Å². The van der Waals surface area contributed by atoms with Crippen LogP contribution in [0.3, 0.4) is 0 Å². The Bertz CT molecular complexity index is 807. The predicted molar refractivity (Wildman–Crippen MR) is 100 cm³/mol. The van der Waals surface area contributed by atoms with Crippen LogP contribution in [0.5, 0.6) is 0 Å². The summed E-state index contributed by atoms with van der Waals surface area (Å²) in [7, 11) is 0. The molecule has 27 heavy (non-hydrogen) atoms. The van der Waals surface area contributed by atoms with Crippen LogP contribution in [-0.2, 0) is 9.53 Å². The number of carboxylic acid groups (broad SMARTS) is 1. The third-order valence-electron chi connectivity index (χ3n) is 4.83. The Kier molecular flexibility index (Phi) is 5.91. The smallest absolute Gasteiger partial charge is 0.305 e. The molecule has 0 aliphatic carbocycles. The highest BCUT2D eigenvalue weighted by Crippen LogP contribution is 2.20. The van der Waals surface area contributed by atoms with E-state index in [1.54, 1.807) is 17.0 Å². The molecule has 1 saturated heterocycles. The minimum atomic E-state index is -0.903. The highest BCUT2D eigenvalue weighted by Gasteiger charge is 2.27. The molecule has 1 aromatic heterocycles. The van der Waals surface area contributed by atoms with Crippen molar-refractivity contribution in [3.05, 3.63) is 47.3 Å². The van der Waals surface area contributed by atoms with E-state index < -0.39 is 5.97 Å². The van der Waals surface area contributed by atoms with Gasteiger partial charge in [-0.15, -0.1) is 0 Å². The van der Waals surface area contributed by atoms with Gasteiger partial charge in [0.25, 0.3) is 5.91 Å². The lowest BCUT2D eigenvalue weighted by Crippen LogP contribution is -2.44. The third-order valence-corrected chi connectivity index (χ3v) is 4.83. The van der Waals surface area contributed by atoms with Crippen molar-refractivity contribution in [2.24, 2.45) is 0 Å². The summed E-state index contributed by atoms with van der Waals surface area (Å²) in [5.74, 6) is -1.04. The quantitative estimate of drug-likeness (QED) is 0.844. The second kappa shape index (κ2) is 8.35. The number of carboxylic acids is 1. The van der Waals surface area contributed by atoms with Crippen molar-refractivity contribution in [1.29, 1.82) is 0 Å². The fourth-order valence-corrected chi connectivity index (χ4v) is 3.46. The first-order valence-electron chi connectivity index (χ1n) is 9.20. The topological polar surface area (TPSA) is 84.7 Å². The van der Waals surface area contributed by atoms with E-state index in [-0.39, 0.29) is 24.9 Å². The zero-order valence-corrected chi connectivity index (χ0v) is 15.7. The molecule has 144 valence electrons. The van der Waals surface area contributed by atoms with Gasteiger partial charge in [-0.05, 0) is 57.0 Å². The number of carbonyl (C=O) groups excluding carboxylic acids is 1. The maximum atomic E-state index is 13.0. The van der Waals surface area contributed by atoms with E-state index in [4.69, 9.17) is 9.84 Å². The molecule has 0 spiro atoms. The molecule has 0 unspecified atom stereocenters. The molecule has 1 N–H and O–H groups in total. The molecule has 3 rings (SSSR count). The van der Waals surface area contributed by atoms with Crippen LogP contribution in [0.1, 0.15) is 41.0 Å². The summed E-state index contributed by atoms with van der Waals surface area (Å²) in [6.07, 6.45) is 1.40. The molecule has 0 atom stereocenters. The van der Waals surface area contributed by atoms with Gasteiger partial charge in [0.15, 0.2) is 0 Å². The van der Waals surface area contributed by atoms with Gasteiger partial charge in [-0.1, -0.05) is 0 Å². The SMILES string of the molecule is Cc1cc(C)n(-c2ccc(C(=O)N(CCC(=O)O)C3CCOCC3)cc2)n1. The first-order valence-corrected chi connectivity index (χ1v) is 9.20. The molecule has 2 aromatic rings. The average molecular weight is 371 g/mol. The number of aryl methyl sites for hydroxylation is 2. The lowest BCUT2D eigenvalue weighted by Gasteiger charge is -2.34. The molecule has 0 saturated carbocycles. The van der Waals surface area contributed by atoms with Gasteiger partial charge in [0.2, 0.25) is 0 Å². The van der Waals surface area contributed by atoms with Gasteiger partial charge in [0.1, 0.15) is 0 Å². The zero-order chi connectivity index (χ0) is 19.4. The number of benzene rings is 1. The van der Waals surface area contributed by atoms with Crippen LogP contribution in [0.15, 0.2) is 30.3 Å². The van der Waals surface area contributed by atoms with E-state index in [1.807, 2.05) is 36.7 Å². The summed E-state index contributed by atoms with van der Waals surface area (Å²) in [6.45, 7) is 5.32. The Balaban J connectivity index is 1.80. The molecule has 7 heteroatoms. The highest BCUT2D eigenvalue weighted by molar-refractivity contribution is 5.94. The number of amides is 1. The summed E-state index contributed by atoms with van der Waals surface area (Å²) in [5, 5.41) is 13.5. The van der Waals surface area contributed by atoms with Gasteiger partial charge in [-0.25, -0.2) is 4.68 Å². The second-order valence-electron chi connectivity index (χ2n) is 6.87. The minimum Gasteiger partial charge on any atom is -0.481 e. The number of ether oxygens (including phenoxy) is 1. The van der Waals surface area contributed by atoms with E-state index >= 15 is 0 Å². The van der Waals surface area contributed by atoms with E-state index in [2.05, 4.69) is 5.10 Å². The fraction of sp³-hybridized carbons (Fsp3) is 0.450. The molecule has 1 aromatic carbocycles. The van der Waals surface area contributed by atoms with Gasteiger partial charge >= 0.3 is 5.97 Å². The lowest BCUT2D eigenvalue weighted by molar-refractivity contribution is -0.137. The monoisotopic (exact) mass is 371 g/mol. The Morgan fingerprint density at radius 1 is 1.22 bits per heavy atom. The van der Waals surface area contributed by atoms with E-state index in [9.17, 15) is 9.59 Å². The number of hydrogen-bond acceptors (Lipinski definition) is 4. The van der Waals surface area contributed by atoms with Crippen molar-refractivity contribution < 1.29 is 19.4 Å². The normalized spacial score (nSPS) is 14.9. The van der Waals surface area contributed by atoms with Gasteiger partial charge in [-0.3, -0.25) is 9.59 Å². The molecule has 2 heterocycles. The van der Waals surface area contributed by atoms with Crippen molar-refractivity contribution in [1.82, 2.24) is 14.7 Å². The molecular weight excluding hydrogens is 346 g/mol. The molecule has 1 aliphatic rings. The standard InChI is InChI=1S/C20H25N3O4/c1-14-13-15(2)23(21-14)18-5-3-16(4-6-18)20(26)22(10-7-19(24)25)17-8-11-27-12-9-17/h3-6,13,17H,7-12H2,1-2H3,(H,24,25). The predicted octanol–water partition coefficient (Wildman–Crippen LogP) is 2.59. The van der Waals surface area contributed by atoms with Crippen LogP contribution in [0.4, 0.5) is 0 Å². The zero-order valence-electron chi connectivity index (χ0n) is 15.7. The molecular formula is C20H25N3O4. The van der Waals surface area contributed by atoms with Crippen LogP contribution < -0.4 is 0 Å². The minimum absolute atomic E-state index is 0.0151. The Morgan fingerprint density at radius 3 is 2.44 bits per heavy atom. The average Bonchev–Trinajstić information content (AvgIpc) is 3.00. The van der Waals surface area contributed by atoms with Crippen molar-refractivity contribution in [2.75, 3.05) is 19.8 Å².